The van der Waals surface area contributed by atoms with E-state index in [4.69, 9.17) is 5.73 Å². The Labute approximate surface area is 102 Å². The lowest BCUT2D eigenvalue weighted by Crippen LogP contribution is -2.33. The number of rotatable bonds is 4. The first-order valence-electron chi connectivity index (χ1n) is 5.80. The van der Waals surface area contributed by atoms with Crippen molar-refractivity contribution in [2.75, 3.05) is 5.73 Å². The number of aromatic hydroxyl groups is 1. The lowest BCUT2D eigenvalue weighted by atomic mass is 10.0. The quantitative estimate of drug-likeness (QED) is 0.554. The van der Waals surface area contributed by atoms with Gasteiger partial charge in [-0.3, -0.25) is 4.79 Å². The molecule has 1 aromatic rings. The average Bonchev–Trinajstić information content (AvgIpc) is 2.20. The van der Waals surface area contributed by atoms with E-state index >= 15 is 0 Å². The number of anilines is 1. The van der Waals surface area contributed by atoms with Crippen LogP contribution in [0.4, 0.5) is 5.69 Å². The van der Waals surface area contributed by atoms with Crippen LogP contribution < -0.4 is 11.1 Å². The summed E-state index contributed by atoms with van der Waals surface area (Å²) in [7, 11) is 0. The number of nitrogen functional groups attached to an aromatic ring is 1. The van der Waals surface area contributed by atoms with Gasteiger partial charge in [-0.1, -0.05) is 19.9 Å². The van der Waals surface area contributed by atoms with Crippen LogP contribution in [0.3, 0.4) is 0 Å². The molecule has 1 amide bonds. The maximum Gasteiger partial charge on any atom is 0.255 e. The van der Waals surface area contributed by atoms with Crippen molar-refractivity contribution in [3.05, 3.63) is 23.8 Å². The van der Waals surface area contributed by atoms with E-state index in [-0.39, 0.29) is 28.9 Å². The highest BCUT2D eigenvalue weighted by molar-refractivity contribution is 5.98. The van der Waals surface area contributed by atoms with E-state index in [1.54, 1.807) is 18.2 Å². The lowest BCUT2D eigenvalue weighted by molar-refractivity contribution is 0.0933. The Morgan fingerprint density at radius 2 is 2.06 bits per heavy atom. The van der Waals surface area contributed by atoms with Gasteiger partial charge in [0.25, 0.3) is 5.91 Å². The molecule has 1 aromatic carbocycles. The number of hydrogen-bond donors (Lipinski definition) is 3. The highest BCUT2D eigenvalue weighted by Crippen LogP contribution is 2.24. The number of nitrogens with two attached hydrogens (primary N) is 1. The van der Waals surface area contributed by atoms with Crippen molar-refractivity contribution in [2.24, 2.45) is 5.92 Å². The van der Waals surface area contributed by atoms with E-state index in [2.05, 4.69) is 19.2 Å². The number of phenolic OH excluding ortho intramolecular Hbond substituents is 1. The Balaban J connectivity index is 2.73. The molecule has 0 fully saturated rings. The van der Waals surface area contributed by atoms with Crippen molar-refractivity contribution >= 4 is 11.6 Å². The second kappa shape index (κ2) is 5.57. The molecule has 0 aliphatic carbocycles. The van der Waals surface area contributed by atoms with Gasteiger partial charge in [0.1, 0.15) is 0 Å². The molecule has 0 aromatic heterocycles. The number of phenols is 1. The molecular formula is C13H20N2O2. The molecule has 0 saturated heterocycles. The zero-order valence-electron chi connectivity index (χ0n) is 10.5. The third-order valence-corrected chi connectivity index (χ3v) is 2.51. The maximum atomic E-state index is 11.9. The molecule has 17 heavy (non-hydrogen) atoms. The van der Waals surface area contributed by atoms with Gasteiger partial charge in [0, 0.05) is 6.04 Å². The molecule has 0 spiro atoms. The van der Waals surface area contributed by atoms with Gasteiger partial charge in [0.15, 0.2) is 5.75 Å². The summed E-state index contributed by atoms with van der Waals surface area (Å²) in [6.45, 7) is 6.14. The molecule has 0 bridgehead atoms. The lowest BCUT2D eigenvalue weighted by Gasteiger charge is -2.16. The zero-order valence-corrected chi connectivity index (χ0v) is 10.5. The molecule has 0 heterocycles. The van der Waals surface area contributed by atoms with Gasteiger partial charge < -0.3 is 16.2 Å². The highest BCUT2D eigenvalue weighted by atomic mass is 16.3. The van der Waals surface area contributed by atoms with Crippen LogP contribution in [0, 0.1) is 5.92 Å². The number of hydrogen-bond acceptors (Lipinski definition) is 3. The summed E-state index contributed by atoms with van der Waals surface area (Å²) in [6.07, 6.45) is 0.898. The predicted octanol–water partition coefficient (Wildman–Crippen LogP) is 2.14. The van der Waals surface area contributed by atoms with E-state index < -0.39 is 0 Å². The van der Waals surface area contributed by atoms with E-state index in [0.717, 1.165) is 6.42 Å². The van der Waals surface area contributed by atoms with Gasteiger partial charge in [0.05, 0.1) is 11.3 Å². The fraction of sp³-hybridized carbons (Fsp3) is 0.462. The number of carbonyl (C=O) groups excluding carboxylic acids is 1. The van der Waals surface area contributed by atoms with E-state index in [1.165, 1.54) is 0 Å². The van der Waals surface area contributed by atoms with Crippen LogP contribution in [0.1, 0.15) is 37.6 Å². The van der Waals surface area contributed by atoms with Crippen molar-refractivity contribution in [2.45, 2.75) is 33.2 Å². The fourth-order valence-corrected chi connectivity index (χ4v) is 1.81. The molecule has 0 saturated carbocycles. The monoisotopic (exact) mass is 236 g/mol. The van der Waals surface area contributed by atoms with E-state index in [0.29, 0.717) is 5.92 Å². The van der Waals surface area contributed by atoms with Crippen LogP contribution in [0.5, 0.6) is 5.75 Å². The highest BCUT2D eigenvalue weighted by Gasteiger charge is 2.15. The summed E-state index contributed by atoms with van der Waals surface area (Å²) in [5.41, 5.74) is 5.98. The van der Waals surface area contributed by atoms with E-state index in [1.807, 2.05) is 6.92 Å². The van der Waals surface area contributed by atoms with Crippen molar-refractivity contribution in [3.63, 3.8) is 0 Å². The molecule has 1 atom stereocenters. The molecule has 1 unspecified atom stereocenters. The molecule has 4 heteroatoms. The molecule has 0 aliphatic heterocycles. The maximum absolute atomic E-state index is 11.9. The van der Waals surface area contributed by atoms with Gasteiger partial charge in [-0.15, -0.1) is 0 Å². The average molecular weight is 236 g/mol. The van der Waals surface area contributed by atoms with Gasteiger partial charge in [-0.2, -0.15) is 0 Å². The summed E-state index contributed by atoms with van der Waals surface area (Å²) in [5, 5.41) is 12.5. The summed E-state index contributed by atoms with van der Waals surface area (Å²) < 4.78 is 0. The first kappa shape index (κ1) is 13.4. The Morgan fingerprint density at radius 3 is 2.65 bits per heavy atom. The van der Waals surface area contributed by atoms with Crippen LogP contribution in [0.25, 0.3) is 0 Å². The number of amides is 1. The van der Waals surface area contributed by atoms with Crippen molar-refractivity contribution in [3.8, 4) is 5.75 Å². The first-order valence-corrected chi connectivity index (χ1v) is 5.80. The molecule has 0 aliphatic rings. The van der Waals surface area contributed by atoms with Crippen LogP contribution in [0.15, 0.2) is 18.2 Å². The fourth-order valence-electron chi connectivity index (χ4n) is 1.81. The largest absolute Gasteiger partial charge is 0.505 e. The summed E-state index contributed by atoms with van der Waals surface area (Å²) >= 11 is 0. The molecule has 1 rings (SSSR count). The number of carbonyl (C=O) groups is 1. The smallest absolute Gasteiger partial charge is 0.255 e. The Kier molecular flexibility index (Phi) is 4.37. The number of nitrogens with one attached hydrogen (secondary N) is 1. The second-order valence-electron chi connectivity index (χ2n) is 4.75. The minimum absolute atomic E-state index is 0.0725. The minimum atomic E-state index is -0.289. The standard InChI is InChI=1S/C13H20N2O2/c1-8(2)7-9(3)15-13(17)10-5-4-6-11(14)12(10)16/h4-6,8-9,16H,7,14H2,1-3H3,(H,15,17). The normalized spacial score (nSPS) is 12.5. The molecule has 0 radical (unpaired) electrons. The summed E-state index contributed by atoms with van der Waals surface area (Å²) in [5.74, 6) is 0.0736. The predicted molar refractivity (Wildman–Crippen MR) is 68.9 cm³/mol. The van der Waals surface area contributed by atoms with Crippen molar-refractivity contribution in [1.82, 2.24) is 5.32 Å². The third-order valence-electron chi connectivity index (χ3n) is 2.51. The molecular weight excluding hydrogens is 216 g/mol. The number of benzene rings is 1. The Morgan fingerprint density at radius 1 is 1.41 bits per heavy atom. The van der Waals surface area contributed by atoms with Crippen molar-refractivity contribution < 1.29 is 9.90 Å². The molecule has 94 valence electrons. The molecule has 4 nitrogen and oxygen atoms in total. The van der Waals surface area contributed by atoms with Crippen LogP contribution >= 0.6 is 0 Å². The Hall–Kier alpha value is -1.71. The van der Waals surface area contributed by atoms with Crippen LogP contribution in [0.2, 0.25) is 0 Å². The zero-order chi connectivity index (χ0) is 13.0. The van der Waals surface area contributed by atoms with Crippen LogP contribution in [-0.2, 0) is 0 Å². The van der Waals surface area contributed by atoms with Gasteiger partial charge in [0.2, 0.25) is 0 Å². The molecule has 4 N–H and O–H groups in total. The van der Waals surface area contributed by atoms with Gasteiger partial charge >= 0.3 is 0 Å². The van der Waals surface area contributed by atoms with Gasteiger partial charge in [-0.25, -0.2) is 0 Å². The SMILES string of the molecule is CC(C)CC(C)NC(=O)c1cccc(N)c1O. The van der Waals surface area contributed by atoms with Crippen molar-refractivity contribution in [1.29, 1.82) is 0 Å². The second-order valence-corrected chi connectivity index (χ2v) is 4.75. The topological polar surface area (TPSA) is 75.4 Å². The van der Waals surface area contributed by atoms with Gasteiger partial charge in [-0.05, 0) is 31.4 Å². The van der Waals surface area contributed by atoms with Crippen LogP contribution in [-0.4, -0.2) is 17.1 Å². The first-order chi connectivity index (χ1) is 7.91. The minimum Gasteiger partial charge on any atom is -0.505 e. The third kappa shape index (κ3) is 3.66. The summed E-state index contributed by atoms with van der Waals surface area (Å²) in [6, 6.07) is 4.84. The summed E-state index contributed by atoms with van der Waals surface area (Å²) in [4.78, 5) is 11.9. The van der Waals surface area contributed by atoms with E-state index in [9.17, 15) is 9.90 Å². The Bertz CT molecular complexity index is 402. The number of para-hydroxylation sites is 1.